The zero-order valence-corrected chi connectivity index (χ0v) is 13.4. The van der Waals surface area contributed by atoms with E-state index in [4.69, 9.17) is 4.42 Å². The molecule has 4 heteroatoms. The standard InChI is InChI=1S/C17H27NO3/c1-4-6-14-7-5-11-18(12-10-14)13(2)15-8-9-16(21-15)17(19)20-3/h8-9,13-14H,4-7,10-12H2,1-3H3. The minimum atomic E-state index is -0.410. The van der Waals surface area contributed by atoms with Gasteiger partial charge in [0.15, 0.2) is 0 Å². The fourth-order valence-corrected chi connectivity index (χ4v) is 3.24. The molecule has 4 nitrogen and oxygen atoms in total. The maximum atomic E-state index is 11.5. The number of methoxy groups -OCH3 is 1. The first kappa shape index (κ1) is 16.1. The Morgan fingerprint density at radius 2 is 2.24 bits per heavy atom. The lowest BCUT2D eigenvalue weighted by atomic mass is 9.96. The number of nitrogens with zero attached hydrogens (tertiary/aromatic N) is 1. The molecule has 0 N–H and O–H groups in total. The Morgan fingerprint density at radius 3 is 2.95 bits per heavy atom. The van der Waals surface area contributed by atoms with Crippen molar-refractivity contribution >= 4 is 5.97 Å². The van der Waals surface area contributed by atoms with Gasteiger partial charge in [-0.3, -0.25) is 4.90 Å². The molecule has 1 aromatic heterocycles. The smallest absolute Gasteiger partial charge is 0.373 e. The predicted molar refractivity (Wildman–Crippen MR) is 82.3 cm³/mol. The summed E-state index contributed by atoms with van der Waals surface area (Å²) in [5.41, 5.74) is 0. The summed E-state index contributed by atoms with van der Waals surface area (Å²) in [7, 11) is 1.37. The van der Waals surface area contributed by atoms with E-state index in [1.54, 1.807) is 6.07 Å². The maximum absolute atomic E-state index is 11.5. The summed E-state index contributed by atoms with van der Waals surface area (Å²) < 4.78 is 10.3. The Bertz CT molecular complexity index is 455. The van der Waals surface area contributed by atoms with Crippen molar-refractivity contribution in [3.05, 3.63) is 23.7 Å². The van der Waals surface area contributed by atoms with Crippen LogP contribution in [0, 0.1) is 5.92 Å². The van der Waals surface area contributed by atoms with Crippen LogP contribution in [-0.4, -0.2) is 31.1 Å². The average Bonchev–Trinajstić information content (AvgIpc) is 2.87. The minimum absolute atomic E-state index is 0.212. The Labute approximate surface area is 127 Å². The van der Waals surface area contributed by atoms with Gasteiger partial charge in [0, 0.05) is 0 Å². The fourth-order valence-electron chi connectivity index (χ4n) is 3.24. The van der Waals surface area contributed by atoms with Gasteiger partial charge in [0.1, 0.15) is 5.76 Å². The molecule has 1 aliphatic rings. The van der Waals surface area contributed by atoms with Crippen molar-refractivity contribution in [1.29, 1.82) is 0 Å². The van der Waals surface area contributed by atoms with Gasteiger partial charge in [-0.2, -0.15) is 0 Å². The van der Waals surface area contributed by atoms with E-state index in [1.165, 1.54) is 39.2 Å². The molecule has 0 radical (unpaired) electrons. The summed E-state index contributed by atoms with van der Waals surface area (Å²) in [6.45, 7) is 6.64. The van der Waals surface area contributed by atoms with Crippen molar-refractivity contribution < 1.29 is 13.9 Å². The van der Waals surface area contributed by atoms with Crippen molar-refractivity contribution in [3.63, 3.8) is 0 Å². The average molecular weight is 293 g/mol. The highest BCUT2D eigenvalue weighted by atomic mass is 16.5. The molecule has 0 aliphatic carbocycles. The largest absolute Gasteiger partial charge is 0.463 e. The maximum Gasteiger partial charge on any atom is 0.373 e. The molecule has 1 saturated heterocycles. The molecule has 1 aromatic rings. The quantitative estimate of drug-likeness (QED) is 0.769. The molecule has 2 heterocycles. The highest BCUT2D eigenvalue weighted by Gasteiger charge is 2.24. The third-order valence-electron chi connectivity index (χ3n) is 4.55. The summed E-state index contributed by atoms with van der Waals surface area (Å²) in [5, 5.41) is 0. The normalized spacial score (nSPS) is 21.8. The number of likely N-dealkylation sites (tertiary alicyclic amines) is 1. The van der Waals surface area contributed by atoms with Crippen LogP contribution in [0.25, 0.3) is 0 Å². The second kappa shape index (κ2) is 7.64. The number of esters is 1. The number of ether oxygens (including phenoxy) is 1. The van der Waals surface area contributed by atoms with Crippen LogP contribution < -0.4 is 0 Å². The van der Waals surface area contributed by atoms with Gasteiger partial charge in [-0.25, -0.2) is 4.79 Å². The molecular weight excluding hydrogens is 266 g/mol. The zero-order valence-electron chi connectivity index (χ0n) is 13.4. The summed E-state index contributed by atoms with van der Waals surface area (Å²) in [6, 6.07) is 3.81. The minimum Gasteiger partial charge on any atom is -0.463 e. The van der Waals surface area contributed by atoms with E-state index in [2.05, 4.69) is 23.5 Å². The van der Waals surface area contributed by atoms with Gasteiger partial charge in [-0.1, -0.05) is 19.8 Å². The van der Waals surface area contributed by atoms with E-state index in [0.717, 1.165) is 24.8 Å². The SMILES string of the molecule is CCCC1CCCN(C(C)c2ccc(C(=O)OC)o2)CC1. The van der Waals surface area contributed by atoms with E-state index in [9.17, 15) is 4.79 Å². The van der Waals surface area contributed by atoms with Gasteiger partial charge in [0.2, 0.25) is 5.76 Å². The topological polar surface area (TPSA) is 42.7 Å². The van der Waals surface area contributed by atoms with Crippen LogP contribution in [0.4, 0.5) is 0 Å². The Kier molecular flexibility index (Phi) is 5.85. The number of rotatable bonds is 5. The Balaban J connectivity index is 1.97. The summed E-state index contributed by atoms with van der Waals surface area (Å²) in [4.78, 5) is 13.9. The summed E-state index contributed by atoms with van der Waals surface area (Å²) in [6.07, 6.45) is 6.47. The third-order valence-corrected chi connectivity index (χ3v) is 4.55. The second-order valence-corrected chi connectivity index (χ2v) is 5.99. The van der Waals surface area contributed by atoms with Gasteiger partial charge in [-0.15, -0.1) is 0 Å². The molecule has 1 aliphatic heterocycles. The predicted octanol–water partition coefficient (Wildman–Crippen LogP) is 4.03. The van der Waals surface area contributed by atoms with E-state index in [0.29, 0.717) is 0 Å². The van der Waals surface area contributed by atoms with Crippen LogP contribution in [0.3, 0.4) is 0 Å². The molecule has 118 valence electrons. The first-order valence-electron chi connectivity index (χ1n) is 8.07. The van der Waals surface area contributed by atoms with Crippen LogP contribution in [-0.2, 0) is 4.74 Å². The first-order chi connectivity index (χ1) is 10.2. The van der Waals surface area contributed by atoms with Crippen LogP contribution in [0.5, 0.6) is 0 Å². The number of carbonyl (C=O) groups excluding carboxylic acids is 1. The van der Waals surface area contributed by atoms with Crippen LogP contribution in [0.15, 0.2) is 16.5 Å². The second-order valence-electron chi connectivity index (χ2n) is 5.99. The highest BCUT2D eigenvalue weighted by Crippen LogP contribution is 2.28. The highest BCUT2D eigenvalue weighted by molar-refractivity contribution is 5.86. The lowest BCUT2D eigenvalue weighted by Gasteiger charge is -2.26. The summed E-state index contributed by atoms with van der Waals surface area (Å²) in [5.74, 6) is 1.60. The lowest BCUT2D eigenvalue weighted by Crippen LogP contribution is -2.28. The number of hydrogen-bond donors (Lipinski definition) is 0. The number of hydrogen-bond acceptors (Lipinski definition) is 4. The van der Waals surface area contributed by atoms with Crippen LogP contribution in [0.1, 0.15) is 68.3 Å². The Morgan fingerprint density at radius 1 is 1.43 bits per heavy atom. The zero-order chi connectivity index (χ0) is 15.2. The van der Waals surface area contributed by atoms with Crippen molar-refractivity contribution in [2.24, 2.45) is 5.92 Å². The molecule has 1 fully saturated rings. The first-order valence-corrected chi connectivity index (χ1v) is 8.07. The molecule has 21 heavy (non-hydrogen) atoms. The van der Waals surface area contributed by atoms with Gasteiger partial charge in [-0.05, 0) is 57.3 Å². The number of carbonyl (C=O) groups is 1. The molecule has 0 amide bonds. The van der Waals surface area contributed by atoms with Crippen molar-refractivity contribution in [1.82, 2.24) is 4.90 Å². The van der Waals surface area contributed by atoms with E-state index in [-0.39, 0.29) is 11.8 Å². The summed E-state index contributed by atoms with van der Waals surface area (Å²) >= 11 is 0. The molecule has 0 saturated carbocycles. The van der Waals surface area contributed by atoms with Gasteiger partial charge in [0.25, 0.3) is 0 Å². The van der Waals surface area contributed by atoms with Crippen molar-refractivity contribution in [2.75, 3.05) is 20.2 Å². The molecule has 0 bridgehead atoms. The molecule has 2 unspecified atom stereocenters. The monoisotopic (exact) mass is 293 g/mol. The van der Waals surface area contributed by atoms with Gasteiger partial charge >= 0.3 is 5.97 Å². The Hall–Kier alpha value is -1.29. The molecule has 0 aromatic carbocycles. The molecular formula is C17H27NO3. The van der Waals surface area contributed by atoms with Crippen LogP contribution in [0.2, 0.25) is 0 Å². The van der Waals surface area contributed by atoms with Gasteiger partial charge < -0.3 is 9.15 Å². The third kappa shape index (κ3) is 4.10. The molecule has 0 spiro atoms. The van der Waals surface area contributed by atoms with E-state index >= 15 is 0 Å². The van der Waals surface area contributed by atoms with Crippen LogP contribution >= 0.6 is 0 Å². The van der Waals surface area contributed by atoms with Crippen molar-refractivity contribution in [2.45, 2.75) is 52.0 Å². The number of furan rings is 1. The fraction of sp³-hybridized carbons (Fsp3) is 0.706. The van der Waals surface area contributed by atoms with Gasteiger partial charge in [0.05, 0.1) is 13.2 Å². The van der Waals surface area contributed by atoms with E-state index < -0.39 is 5.97 Å². The lowest BCUT2D eigenvalue weighted by molar-refractivity contribution is 0.0559. The van der Waals surface area contributed by atoms with E-state index in [1.807, 2.05) is 6.07 Å². The molecule has 2 rings (SSSR count). The molecule has 2 atom stereocenters. The van der Waals surface area contributed by atoms with Crippen molar-refractivity contribution in [3.8, 4) is 0 Å².